The maximum atomic E-state index is 13.6. The van der Waals surface area contributed by atoms with Gasteiger partial charge in [-0.3, -0.25) is 14.7 Å². The summed E-state index contributed by atoms with van der Waals surface area (Å²) in [5, 5.41) is 5.10. The van der Waals surface area contributed by atoms with Gasteiger partial charge in [0.2, 0.25) is 0 Å². The van der Waals surface area contributed by atoms with Gasteiger partial charge in [0.1, 0.15) is 0 Å². The highest BCUT2D eigenvalue weighted by Gasteiger charge is 2.34. The first-order valence-electron chi connectivity index (χ1n) is 10.6. The fourth-order valence-corrected chi connectivity index (χ4v) is 3.95. The summed E-state index contributed by atoms with van der Waals surface area (Å²) < 4.78 is 1.52. The van der Waals surface area contributed by atoms with Crippen molar-refractivity contribution in [3.05, 3.63) is 73.5 Å². The van der Waals surface area contributed by atoms with E-state index in [4.69, 9.17) is 11.6 Å². The highest BCUT2D eigenvalue weighted by atomic mass is 35.5. The van der Waals surface area contributed by atoms with Gasteiger partial charge in [0, 0.05) is 16.2 Å². The number of rotatable bonds is 2. The monoisotopic (exact) mass is 438 g/mol. The summed E-state index contributed by atoms with van der Waals surface area (Å²) in [6.45, 7) is 14.2. The number of halogens is 1. The van der Waals surface area contributed by atoms with E-state index in [1.165, 1.54) is 4.68 Å². The van der Waals surface area contributed by atoms with Crippen molar-refractivity contribution in [2.24, 2.45) is 10.8 Å². The molecule has 0 spiro atoms. The summed E-state index contributed by atoms with van der Waals surface area (Å²) in [6, 6.07) is 7.18. The molecule has 0 saturated heterocycles. The molecule has 4 nitrogen and oxygen atoms in total. The third kappa shape index (κ3) is 4.54. The summed E-state index contributed by atoms with van der Waals surface area (Å²) >= 11 is 6.16. The first-order chi connectivity index (χ1) is 14.3. The zero-order valence-corrected chi connectivity index (χ0v) is 20.1. The standard InChI is InChI=1S/C26H31ClN2O2/c1-8-10-21-22(24(31)29(28-21)18-12-9-11-17(27)15-18)16-13-19(25(2,3)4)23(30)20(14-16)26(5,6)7/h9-15,28H,8H2,1-7H3. The van der Waals surface area contributed by atoms with Gasteiger partial charge in [0.05, 0.1) is 16.3 Å². The topological polar surface area (TPSA) is 54.9 Å². The second-order valence-corrected chi connectivity index (χ2v) is 10.5. The molecule has 3 rings (SSSR count). The molecule has 1 aromatic carbocycles. The molecule has 31 heavy (non-hydrogen) atoms. The van der Waals surface area contributed by atoms with Crippen LogP contribution in [0.2, 0.25) is 5.02 Å². The molecule has 0 unspecified atom stereocenters. The number of hydrogen-bond donors (Lipinski definition) is 1. The molecular formula is C26H31ClN2O2. The van der Waals surface area contributed by atoms with Crippen LogP contribution in [0.15, 0.2) is 52.4 Å². The third-order valence-corrected chi connectivity index (χ3v) is 5.62. The number of aromatic amines is 1. The Labute approximate surface area is 188 Å². The molecule has 0 amide bonds. The number of nitrogens with one attached hydrogen (secondary N) is 1. The van der Waals surface area contributed by atoms with Crippen molar-refractivity contribution in [2.45, 2.75) is 54.9 Å². The van der Waals surface area contributed by atoms with Gasteiger partial charge in [0.25, 0.3) is 5.56 Å². The minimum absolute atomic E-state index is 0.0514. The largest absolute Gasteiger partial charge is 0.291 e. The number of H-pyrrole nitrogens is 1. The number of carbonyl (C=O) groups excluding carboxylic acids is 1. The smallest absolute Gasteiger partial charge is 0.279 e. The van der Waals surface area contributed by atoms with Crippen LogP contribution in [-0.2, 0) is 4.79 Å². The molecule has 164 valence electrons. The second-order valence-electron chi connectivity index (χ2n) is 10.0. The van der Waals surface area contributed by atoms with E-state index in [0.29, 0.717) is 27.1 Å². The van der Waals surface area contributed by atoms with Crippen LogP contribution in [0.4, 0.5) is 0 Å². The molecule has 0 bridgehead atoms. The summed E-state index contributed by atoms with van der Waals surface area (Å²) in [7, 11) is 0. The predicted molar refractivity (Wildman–Crippen MR) is 129 cm³/mol. The van der Waals surface area contributed by atoms with E-state index in [9.17, 15) is 9.59 Å². The molecule has 0 radical (unpaired) electrons. The zero-order valence-electron chi connectivity index (χ0n) is 19.4. The molecule has 1 aliphatic rings. The van der Waals surface area contributed by atoms with Crippen molar-refractivity contribution in [1.29, 1.82) is 0 Å². The molecule has 0 fully saturated rings. The fourth-order valence-electron chi connectivity index (χ4n) is 3.77. The molecule has 1 N–H and O–H groups in total. The zero-order chi connectivity index (χ0) is 23.1. The molecule has 1 heterocycles. The number of benzene rings is 1. The maximum Gasteiger partial charge on any atom is 0.279 e. The van der Waals surface area contributed by atoms with Crippen molar-refractivity contribution in [3.63, 3.8) is 0 Å². The van der Waals surface area contributed by atoms with Crippen LogP contribution in [0.3, 0.4) is 0 Å². The van der Waals surface area contributed by atoms with Gasteiger partial charge >= 0.3 is 0 Å². The number of allylic oxidation sites excluding steroid dienone is 4. The van der Waals surface area contributed by atoms with Crippen LogP contribution in [0, 0.1) is 10.8 Å². The number of hydrogen-bond acceptors (Lipinski definition) is 2. The van der Waals surface area contributed by atoms with Crippen LogP contribution in [0.25, 0.3) is 17.3 Å². The van der Waals surface area contributed by atoms with Crippen molar-refractivity contribution in [2.75, 3.05) is 0 Å². The number of ketones is 1. The number of carbonyl (C=O) groups is 1. The van der Waals surface area contributed by atoms with Crippen molar-refractivity contribution in [3.8, 4) is 5.69 Å². The molecule has 0 saturated carbocycles. The van der Waals surface area contributed by atoms with E-state index in [2.05, 4.69) is 5.10 Å². The minimum Gasteiger partial charge on any atom is -0.291 e. The van der Waals surface area contributed by atoms with Crippen molar-refractivity contribution < 1.29 is 4.79 Å². The lowest BCUT2D eigenvalue weighted by atomic mass is 9.72. The van der Waals surface area contributed by atoms with Gasteiger partial charge < -0.3 is 0 Å². The quantitative estimate of drug-likeness (QED) is 0.739. The van der Waals surface area contributed by atoms with Crippen LogP contribution in [0.5, 0.6) is 0 Å². The molecule has 0 atom stereocenters. The lowest BCUT2D eigenvalue weighted by molar-refractivity contribution is -0.114. The Hall–Kier alpha value is -2.59. The second kappa shape index (κ2) is 8.16. The van der Waals surface area contributed by atoms with Gasteiger partial charge in [-0.1, -0.05) is 72.2 Å². The van der Waals surface area contributed by atoms with E-state index < -0.39 is 0 Å². The maximum absolute atomic E-state index is 13.6. The summed E-state index contributed by atoms with van der Waals surface area (Å²) in [6.07, 6.45) is 6.53. The first kappa shape index (κ1) is 23.1. The average Bonchev–Trinajstić information content (AvgIpc) is 2.96. The first-order valence-corrected chi connectivity index (χ1v) is 11.0. The fraction of sp³-hybridized carbons (Fsp3) is 0.385. The Morgan fingerprint density at radius 3 is 2.06 bits per heavy atom. The van der Waals surface area contributed by atoms with Gasteiger partial charge in [-0.2, -0.15) is 0 Å². The molecule has 1 aromatic heterocycles. The van der Waals surface area contributed by atoms with Crippen molar-refractivity contribution in [1.82, 2.24) is 9.78 Å². The minimum atomic E-state index is -0.343. The highest BCUT2D eigenvalue weighted by molar-refractivity contribution is 6.30. The van der Waals surface area contributed by atoms with Crippen LogP contribution >= 0.6 is 11.6 Å². The van der Waals surface area contributed by atoms with Gasteiger partial charge in [0.15, 0.2) is 5.78 Å². The molecular weight excluding hydrogens is 408 g/mol. The lowest BCUT2D eigenvalue weighted by Gasteiger charge is -2.31. The van der Waals surface area contributed by atoms with Gasteiger partial charge in [-0.15, -0.1) is 0 Å². The average molecular weight is 439 g/mol. The van der Waals surface area contributed by atoms with Crippen molar-refractivity contribution >= 4 is 29.0 Å². The number of aromatic nitrogens is 2. The number of Topliss-reactive ketones (excluding diaryl/α,β-unsaturated/α-hetero) is 1. The van der Waals surface area contributed by atoms with Gasteiger partial charge in [-0.05, 0) is 53.2 Å². The molecule has 0 aliphatic heterocycles. The summed E-state index contributed by atoms with van der Waals surface area (Å²) in [5.74, 6) is 0.0514. The van der Waals surface area contributed by atoms with E-state index in [-0.39, 0.29) is 22.2 Å². The number of nitrogens with zero attached hydrogens (tertiary/aromatic N) is 1. The molecule has 5 heteroatoms. The van der Waals surface area contributed by atoms with Crippen LogP contribution in [-0.4, -0.2) is 15.6 Å². The SMILES string of the molecule is CCC=c1[nH]n(-c2cccc(Cl)c2)c(=O)c1=C1C=C(C(C)(C)C)C(=O)C(C(C)(C)C)=C1. The predicted octanol–water partition coefficient (Wildman–Crippen LogP) is 4.69. The molecule has 1 aliphatic carbocycles. The van der Waals surface area contributed by atoms with Crippen LogP contribution < -0.4 is 16.1 Å². The Morgan fingerprint density at radius 1 is 1.00 bits per heavy atom. The van der Waals surface area contributed by atoms with Crippen LogP contribution in [0.1, 0.15) is 54.9 Å². The third-order valence-electron chi connectivity index (χ3n) is 5.39. The molecule has 2 aromatic rings. The Bertz CT molecular complexity index is 1240. The summed E-state index contributed by atoms with van der Waals surface area (Å²) in [4.78, 5) is 26.9. The normalized spacial score (nSPS) is 15.9. The van der Waals surface area contributed by atoms with E-state index in [1.54, 1.807) is 12.1 Å². The highest BCUT2D eigenvalue weighted by Crippen LogP contribution is 2.38. The summed E-state index contributed by atoms with van der Waals surface area (Å²) in [5.41, 5.74) is 2.01. The lowest BCUT2D eigenvalue weighted by Crippen LogP contribution is -2.38. The Morgan fingerprint density at radius 2 is 1.58 bits per heavy atom. The van der Waals surface area contributed by atoms with Gasteiger partial charge in [-0.25, -0.2) is 4.68 Å². The van der Waals surface area contributed by atoms with E-state index in [0.717, 1.165) is 17.3 Å². The van der Waals surface area contributed by atoms with E-state index >= 15 is 0 Å². The van der Waals surface area contributed by atoms with E-state index in [1.807, 2.05) is 78.8 Å². The Balaban J connectivity index is 2.47. The Kier molecular flexibility index (Phi) is 6.07.